The van der Waals surface area contributed by atoms with Gasteiger partial charge in [-0.05, 0) is 18.6 Å². The molecule has 0 bridgehead atoms. The van der Waals surface area contributed by atoms with Crippen LogP contribution in [0.15, 0.2) is 48.5 Å². The average molecular weight is 465 g/mol. The number of halogens is 2. The summed E-state index contributed by atoms with van der Waals surface area (Å²) in [6.07, 6.45) is 4.85. The van der Waals surface area contributed by atoms with Crippen molar-refractivity contribution in [3.63, 3.8) is 0 Å². The summed E-state index contributed by atoms with van der Waals surface area (Å²) in [6.45, 7) is 2.88. The van der Waals surface area contributed by atoms with Gasteiger partial charge in [0.05, 0.1) is 18.9 Å². The number of methoxy groups -OCH3 is 2. The van der Waals surface area contributed by atoms with Crippen molar-refractivity contribution in [3.8, 4) is 0 Å². The number of hydrogen-bond donors (Lipinski definition) is 1. The van der Waals surface area contributed by atoms with Gasteiger partial charge in [0, 0.05) is 32.4 Å². The number of anilines is 1. The first-order valence-corrected chi connectivity index (χ1v) is 11.3. The topological polar surface area (TPSA) is 60.0 Å². The maximum atomic E-state index is 14.3. The van der Waals surface area contributed by atoms with Crippen LogP contribution in [0.25, 0.3) is 0 Å². The molecule has 33 heavy (non-hydrogen) atoms. The van der Waals surface area contributed by atoms with Crippen LogP contribution in [0.2, 0.25) is 0 Å². The van der Waals surface area contributed by atoms with Crippen molar-refractivity contribution in [1.82, 2.24) is 4.90 Å². The van der Waals surface area contributed by atoms with Crippen LogP contribution in [0.5, 0.6) is 0 Å². The van der Waals surface area contributed by atoms with E-state index < -0.39 is 23.6 Å². The fraction of sp³-hybridized carbons (Fsp3) is 0.480. The van der Waals surface area contributed by atoms with E-state index in [-0.39, 0.29) is 18.9 Å². The number of urea groups is 1. The molecular weight excluding hydrogens is 430 g/mol. The van der Waals surface area contributed by atoms with Crippen LogP contribution >= 0.6 is 0 Å². The van der Waals surface area contributed by atoms with Gasteiger partial charge in [0.15, 0.2) is 0 Å². The molecule has 0 spiro atoms. The molecule has 0 aliphatic heterocycles. The first-order chi connectivity index (χ1) is 16.0. The van der Waals surface area contributed by atoms with E-state index in [1.807, 2.05) is 18.2 Å². The van der Waals surface area contributed by atoms with Crippen molar-refractivity contribution < 1.29 is 27.8 Å². The maximum Gasteiger partial charge on any atom is 0.326 e. The molecule has 0 saturated heterocycles. The summed E-state index contributed by atoms with van der Waals surface area (Å²) in [6, 6.07) is 11.5. The third kappa shape index (κ3) is 7.48. The van der Waals surface area contributed by atoms with Gasteiger partial charge in [0.25, 0.3) is 5.91 Å². The lowest BCUT2D eigenvalue weighted by Crippen LogP contribution is -2.55. The summed E-state index contributed by atoms with van der Waals surface area (Å²) in [7, 11) is 3.01. The van der Waals surface area contributed by atoms with Gasteiger partial charge in [-0.1, -0.05) is 62.9 Å². The fourth-order valence-electron chi connectivity index (χ4n) is 3.55. The van der Waals surface area contributed by atoms with Crippen LogP contribution in [0.4, 0.5) is 19.3 Å². The van der Waals surface area contributed by atoms with Gasteiger partial charge < -0.3 is 19.5 Å². The normalized spacial score (nSPS) is 12.9. The maximum absolute atomic E-state index is 14.3. The summed E-state index contributed by atoms with van der Waals surface area (Å²) >= 11 is 0. The minimum absolute atomic E-state index is 0.132. The zero-order valence-corrected chi connectivity index (χ0v) is 19.6. The molecule has 2 rings (SSSR count). The van der Waals surface area contributed by atoms with E-state index in [1.165, 1.54) is 18.1 Å². The molecular formula is C25H34F2N2O4. The number of ether oxygens (including phenoxy) is 3. The minimum Gasteiger partial charge on any atom is -0.382 e. The lowest BCUT2D eigenvalue weighted by Gasteiger charge is -2.42. The van der Waals surface area contributed by atoms with Crippen LogP contribution in [0.1, 0.15) is 44.6 Å². The Balaban J connectivity index is 2.39. The number of rotatable bonds is 14. The van der Waals surface area contributed by atoms with Crippen molar-refractivity contribution >= 4 is 11.7 Å². The molecule has 0 aromatic heterocycles. The van der Waals surface area contributed by atoms with Gasteiger partial charge in [-0.2, -0.15) is 0 Å². The highest BCUT2D eigenvalue weighted by Gasteiger charge is 2.43. The predicted octanol–water partition coefficient (Wildman–Crippen LogP) is 5.89. The zero-order chi connectivity index (χ0) is 24.1. The third-order valence-corrected chi connectivity index (χ3v) is 5.26. The molecule has 0 fully saturated rings. The molecule has 8 heteroatoms. The number of carbonyl (C=O) groups excluding carboxylic acids is 1. The van der Waals surface area contributed by atoms with Crippen LogP contribution in [-0.2, 0) is 20.1 Å². The van der Waals surface area contributed by atoms with E-state index in [9.17, 15) is 13.6 Å². The Labute approximate surface area is 194 Å². The third-order valence-electron chi connectivity index (χ3n) is 5.26. The first-order valence-electron chi connectivity index (χ1n) is 11.3. The first kappa shape index (κ1) is 26.7. The monoisotopic (exact) mass is 464 g/mol. The number of hydrogen-bond acceptors (Lipinski definition) is 4. The van der Waals surface area contributed by atoms with E-state index in [2.05, 4.69) is 12.2 Å². The largest absolute Gasteiger partial charge is 0.382 e. The Morgan fingerprint density at radius 1 is 1.00 bits per heavy atom. The lowest BCUT2D eigenvalue weighted by molar-refractivity contribution is -0.304. The molecule has 2 amide bonds. The summed E-state index contributed by atoms with van der Waals surface area (Å²) in [4.78, 5) is 14.9. The van der Waals surface area contributed by atoms with Crippen LogP contribution < -0.4 is 5.32 Å². The van der Waals surface area contributed by atoms with Gasteiger partial charge in [-0.25, -0.2) is 13.6 Å². The van der Waals surface area contributed by atoms with E-state index in [4.69, 9.17) is 14.2 Å². The van der Waals surface area contributed by atoms with E-state index >= 15 is 0 Å². The zero-order valence-electron chi connectivity index (χ0n) is 19.6. The van der Waals surface area contributed by atoms with Gasteiger partial charge in [0.1, 0.15) is 11.6 Å². The molecule has 0 aliphatic rings. The molecule has 6 nitrogen and oxygen atoms in total. The SMILES string of the molecule is CCCCCCCN(C(=O)Nc1ccc(F)cc1F)C(OC)(OCCOC)c1ccccc1. The summed E-state index contributed by atoms with van der Waals surface area (Å²) in [5.41, 5.74) is 0.472. The number of nitrogens with zero attached hydrogens (tertiary/aromatic N) is 1. The second kappa shape index (κ2) is 13.9. The van der Waals surface area contributed by atoms with E-state index in [0.717, 1.165) is 37.8 Å². The highest BCUT2D eigenvalue weighted by atomic mass is 19.1. The van der Waals surface area contributed by atoms with E-state index in [1.54, 1.807) is 19.2 Å². The Morgan fingerprint density at radius 3 is 2.36 bits per heavy atom. The van der Waals surface area contributed by atoms with Gasteiger partial charge in [0.2, 0.25) is 0 Å². The molecule has 2 aromatic carbocycles. The van der Waals surface area contributed by atoms with Crippen molar-refractivity contribution in [2.75, 3.05) is 39.3 Å². The number of carbonyl (C=O) groups is 1. The summed E-state index contributed by atoms with van der Waals surface area (Å²) in [5, 5.41) is 2.54. The highest BCUT2D eigenvalue weighted by Crippen LogP contribution is 2.33. The predicted molar refractivity (Wildman–Crippen MR) is 124 cm³/mol. The van der Waals surface area contributed by atoms with E-state index in [0.29, 0.717) is 18.5 Å². The lowest BCUT2D eigenvalue weighted by atomic mass is 10.1. The Hall–Kier alpha value is -2.55. The molecule has 182 valence electrons. The molecule has 0 radical (unpaired) electrons. The average Bonchev–Trinajstić information content (AvgIpc) is 2.82. The van der Waals surface area contributed by atoms with Crippen molar-refractivity contribution in [3.05, 3.63) is 65.7 Å². The van der Waals surface area contributed by atoms with Crippen molar-refractivity contribution in [2.45, 2.75) is 44.9 Å². The number of amides is 2. The van der Waals surface area contributed by atoms with Crippen LogP contribution in [0, 0.1) is 11.6 Å². The second-order valence-corrected chi connectivity index (χ2v) is 7.61. The fourth-order valence-corrected chi connectivity index (χ4v) is 3.55. The van der Waals surface area contributed by atoms with Crippen molar-refractivity contribution in [1.29, 1.82) is 0 Å². The molecule has 1 atom stereocenters. The minimum atomic E-state index is -1.56. The molecule has 0 heterocycles. The Kier molecular flexibility index (Phi) is 11.2. The molecule has 0 saturated carbocycles. The smallest absolute Gasteiger partial charge is 0.326 e. The Morgan fingerprint density at radius 2 is 1.73 bits per heavy atom. The standard InChI is InChI=1S/C25H34F2N2O4/c1-4-5-6-7-11-16-29(24(30)28-23-15-14-21(26)19-22(23)27)25(32-3,33-18-17-31-2)20-12-9-8-10-13-20/h8-10,12-15,19H,4-7,11,16-18H2,1-3H3,(H,28,30). The van der Waals surface area contributed by atoms with Crippen molar-refractivity contribution in [2.24, 2.45) is 0 Å². The van der Waals surface area contributed by atoms with Gasteiger partial charge in [-0.3, -0.25) is 4.90 Å². The summed E-state index contributed by atoms with van der Waals surface area (Å²) < 4.78 is 44.7. The quantitative estimate of drug-likeness (QED) is 0.280. The number of nitrogens with one attached hydrogen (secondary N) is 1. The van der Waals surface area contributed by atoms with Crippen LogP contribution in [0.3, 0.4) is 0 Å². The highest BCUT2D eigenvalue weighted by molar-refractivity contribution is 5.89. The molecule has 2 aromatic rings. The van der Waals surface area contributed by atoms with Gasteiger partial charge in [-0.15, -0.1) is 0 Å². The summed E-state index contributed by atoms with van der Waals surface area (Å²) in [5.74, 6) is -3.16. The van der Waals surface area contributed by atoms with Gasteiger partial charge >= 0.3 is 6.03 Å². The Bertz CT molecular complexity index is 854. The number of unbranched alkanes of at least 4 members (excludes halogenated alkanes) is 4. The second-order valence-electron chi connectivity index (χ2n) is 7.61. The number of benzene rings is 2. The molecule has 0 aliphatic carbocycles. The van der Waals surface area contributed by atoms with Crippen LogP contribution in [-0.4, -0.2) is 44.9 Å². The molecule has 1 N–H and O–H groups in total. The molecule has 1 unspecified atom stereocenters.